The van der Waals surface area contributed by atoms with Gasteiger partial charge in [0.2, 0.25) is 0 Å². The zero-order valence-electron chi connectivity index (χ0n) is 16.9. The van der Waals surface area contributed by atoms with Gasteiger partial charge in [0.15, 0.2) is 0 Å². The number of amides is 2. The van der Waals surface area contributed by atoms with Crippen LogP contribution in [0.4, 0.5) is 16.2 Å². The van der Waals surface area contributed by atoms with Crippen LogP contribution >= 0.6 is 0 Å². The second-order valence-electron chi connectivity index (χ2n) is 7.36. The van der Waals surface area contributed by atoms with Gasteiger partial charge in [0.1, 0.15) is 11.4 Å². The van der Waals surface area contributed by atoms with E-state index in [0.29, 0.717) is 29.3 Å². The van der Waals surface area contributed by atoms with Crippen LogP contribution < -0.4 is 15.4 Å². The highest BCUT2D eigenvalue weighted by atomic mass is 16.6. The molecular formula is C22H28N2O4. The molecule has 2 rings (SSSR count). The van der Waals surface area contributed by atoms with Crippen molar-refractivity contribution in [2.24, 2.45) is 0 Å². The minimum Gasteiger partial charge on any atom is -0.491 e. The Morgan fingerprint density at radius 1 is 1.00 bits per heavy atom. The topological polar surface area (TPSA) is 76.7 Å². The number of rotatable bonds is 7. The highest BCUT2D eigenvalue weighted by molar-refractivity contribution is 6.05. The second kappa shape index (κ2) is 9.78. The summed E-state index contributed by atoms with van der Waals surface area (Å²) in [6.07, 6.45) is 1.41. The molecule has 0 aromatic heterocycles. The van der Waals surface area contributed by atoms with Gasteiger partial charge in [-0.15, -0.1) is 0 Å². The number of carbonyl (C=O) groups is 2. The lowest BCUT2D eigenvalue weighted by atomic mass is 10.1. The molecule has 2 aromatic carbocycles. The summed E-state index contributed by atoms with van der Waals surface area (Å²) in [7, 11) is 0. The van der Waals surface area contributed by atoms with E-state index in [1.807, 2.05) is 18.2 Å². The van der Waals surface area contributed by atoms with E-state index in [1.54, 1.807) is 51.1 Å². The van der Waals surface area contributed by atoms with Gasteiger partial charge in [-0.25, -0.2) is 4.79 Å². The van der Waals surface area contributed by atoms with Crippen LogP contribution in [0.25, 0.3) is 0 Å². The van der Waals surface area contributed by atoms with Crippen LogP contribution in [0, 0.1) is 0 Å². The first kappa shape index (κ1) is 21.3. The van der Waals surface area contributed by atoms with Crippen molar-refractivity contribution in [3.63, 3.8) is 0 Å². The van der Waals surface area contributed by atoms with Gasteiger partial charge in [-0.3, -0.25) is 10.1 Å². The van der Waals surface area contributed by atoms with Crippen molar-refractivity contribution in [3.8, 4) is 5.75 Å². The highest BCUT2D eigenvalue weighted by Crippen LogP contribution is 2.25. The molecule has 0 spiro atoms. The Hall–Kier alpha value is -3.02. The van der Waals surface area contributed by atoms with Crippen LogP contribution in [-0.2, 0) is 4.74 Å². The lowest BCUT2D eigenvalue weighted by Gasteiger charge is -2.19. The first-order valence-corrected chi connectivity index (χ1v) is 9.42. The van der Waals surface area contributed by atoms with Crippen LogP contribution in [0.5, 0.6) is 5.75 Å². The van der Waals surface area contributed by atoms with Crippen molar-refractivity contribution in [2.75, 3.05) is 17.2 Å². The molecule has 0 heterocycles. The predicted octanol–water partition coefficient (Wildman–Crippen LogP) is 5.46. The summed E-state index contributed by atoms with van der Waals surface area (Å²) in [5.41, 5.74) is 0.904. The number of ether oxygens (including phenoxy) is 2. The van der Waals surface area contributed by atoms with E-state index >= 15 is 0 Å². The van der Waals surface area contributed by atoms with Crippen LogP contribution in [0.2, 0.25) is 0 Å². The SMILES string of the molecule is CCCCOc1ccccc1NC(=O)c1cccc(NC(=O)OC(C)(C)C)c1. The maximum absolute atomic E-state index is 12.7. The Balaban J connectivity index is 2.06. The van der Waals surface area contributed by atoms with Crippen molar-refractivity contribution < 1.29 is 19.1 Å². The number of anilines is 2. The number of hydrogen-bond acceptors (Lipinski definition) is 4. The molecule has 0 bridgehead atoms. The quantitative estimate of drug-likeness (QED) is 0.621. The molecule has 0 saturated heterocycles. The zero-order valence-corrected chi connectivity index (χ0v) is 16.9. The van der Waals surface area contributed by atoms with E-state index in [9.17, 15) is 9.59 Å². The fourth-order valence-electron chi connectivity index (χ4n) is 2.38. The average molecular weight is 384 g/mol. The monoisotopic (exact) mass is 384 g/mol. The van der Waals surface area contributed by atoms with Gasteiger partial charge >= 0.3 is 6.09 Å². The van der Waals surface area contributed by atoms with Crippen LogP contribution in [-0.4, -0.2) is 24.2 Å². The van der Waals surface area contributed by atoms with Crippen molar-refractivity contribution in [2.45, 2.75) is 46.1 Å². The number of hydrogen-bond donors (Lipinski definition) is 2. The molecular weight excluding hydrogens is 356 g/mol. The van der Waals surface area contributed by atoms with Crippen molar-refractivity contribution in [3.05, 3.63) is 54.1 Å². The van der Waals surface area contributed by atoms with Gasteiger partial charge in [-0.2, -0.15) is 0 Å². The lowest BCUT2D eigenvalue weighted by molar-refractivity contribution is 0.0635. The standard InChI is InChI=1S/C22H28N2O4/c1-5-6-14-27-19-13-8-7-12-18(19)24-20(25)16-10-9-11-17(15-16)23-21(26)28-22(2,3)4/h7-13,15H,5-6,14H2,1-4H3,(H,23,26)(H,24,25). The molecule has 2 amide bonds. The van der Waals surface area contributed by atoms with Gasteiger partial charge in [0.25, 0.3) is 5.91 Å². The summed E-state index contributed by atoms with van der Waals surface area (Å²) in [5.74, 6) is 0.340. The largest absolute Gasteiger partial charge is 0.491 e. The minimum atomic E-state index is -0.597. The Bertz CT molecular complexity index is 812. The molecule has 0 aliphatic rings. The smallest absolute Gasteiger partial charge is 0.412 e. The summed E-state index contributed by atoms with van der Waals surface area (Å²) in [6, 6.07) is 14.0. The predicted molar refractivity (Wildman–Crippen MR) is 111 cm³/mol. The summed E-state index contributed by atoms with van der Waals surface area (Å²) < 4.78 is 11.0. The Kier molecular flexibility index (Phi) is 7.44. The summed E-state index contributed by atoms with van der Waals surface area (Å²) in [5, 5.41) is 5.50. The van der Waals surface area contributed by atoms with Crippen molar-refractivity contribution in [1.29, 1.82) is 0 Å². The van der Waals surface area contributed by atoms with E-state index in [2.05, 4.69) is 17.6 Å². The molecule has 0 unspecified atom stereocenters. The van der Waals surface area contributed by atoms with Crippen LogP contribution in [0.15, 0.2) is 48.5 Å². The maximum atomic E-state index is 12.7. The van der Waals surface area contributed by atoms with Gasteiger partial charge in [-0.1, -0.05) is 31.5 Å². The molecule has 0 aliphatic heterocycles. The third-order valence-electron chi connectivity index (χ3n) is 3.66. The Labute approximate surface area is 166 Å². The summed E-state index contributed by atoms with van der Waals surface area (Å²) in [6.45, 7) is 8.05. The Morgan fingerprint density at radius 3 is 2.46 bits per heavy atom. The van der Waals surface area contributed by atoms with Gasteiger partial charge < -0.3 is 14.8 Å². The van der Waals surface area contributed by atoms with E-state index in [-0.39, 0.29) is 5.91 Å². The fourth-order valence-corrected chi connectivity index (χ4v) is 2.38. The van der Waals surface area contributed by atoms with E-state index in [4.69, 9.17) is 9.47 Å². The third-order valence-corrected chi connectivity index (χ3v) is 3.66. The molecule has 0 atom stereocenters. The van der Waals surface area contributed by atoms with Gasteiger partial charge in [-0.05, 0) is 57.5 Å². The zero-order chi connectivity index (χ0) is 20.6. The Morgan fingerprint density at radius 2 is 1.75 bits per heavy atom. The van der Waals surface area contributed by atoms with Crippen LogP contribution in [0.3, 0.4) is 0 Å². The molecule has 28 heavy (non-hydrogen) atoms. The number of para-hydroxylation sites is 2. The third kappa shape index (κ3) is 6.95. The normalized spacial score (nSPS) is 10.9. The molecule has 0 radical (unpaired) electrons. The van der Waals surface area contributed by atoms with E-state index < -0.39 is 11.7 Å². The van der Waals surface area contributed by atoms with E-state index in [0.717, 1.165) is 12.8 Å². The number of carbonyl (C=O) groups excluding carboxylic acids is 2. The number of unbranched alkanes of at least 4 members (excludes halogenated alkanes) is 1. The van der Waals surface area contributed by atoms with Crippen molar-refractivity contribution in [1.82, 2.24) is 0 Å². The molecule has 6 heteroatoms. The number of benzene rings is 2. The maximum Gasteiger partial charge on any atom is 0.412 e. The molecule has 2 N–H and O–H groups in total. The molecule has 0 aliphatic carbocycles. The van der Waals surface area contributed by atoms with Crippen molar-refractivity contribution >= 4 is 23.4 Å². The summed E-state index contributed by atoms with van der Waals surface area (Å²) in [4.78, 5) is 24.6. The number of nitrogens with one attached hydrogen (secondary N) is 2. The van der Waals surface area contributed by atoms with Crippen LogP contribution in [0.1, 0.15) is 50.9 Å². The van der Waals surface area contributed by atoms with Gasteiger partial charge in [0.05, 0.1) is 12.3 Å². The first-order chi connectivity index (χ1) is 13.3. The molecule has 0 fully saturated rings. The molecule has 6 nitrogen and oxygen atoms in total. The first-order valence-electron chi connectivity index (χ1n) is 9.42. The second-order valence-corrected chi connectivity index (χ2v) is 7.36. The van der Waals surface area contributed by atoms with Gasteiger partial charge in [0, 0.05) is 11.3 Å². The average Bonchev–Trinajstić information content (AvgIpc) is 2.62. The fraction of sp³-hybridized carbons (Fsp3) is 0.364. The highest BCUT2D eigenvalue weighted by Gasteiger charge is 2.17. The molecule has 0 saturated carbocycles. The van der Waals surface area contributed by atoms with E-state index in [1.165, 1.54) is 0 Å². The lowest BCUT2D eigenvalue weighted by Crippen LogP contribution is -2.27. The minimum absolute atomic E-state index is 0.292. The summed E-state index contributed by atoms with van der Waals surface area (Å²) >= 11 is 0. The molecule has 2 aromatic rings. The molecule has 150 valence electrons.